The third-order valence-corrected chi connectivity index (χ3v) is 9.93. The molecule has 0 aromatic heterocycles. The summed E-state index contributed by atoms with van der Waals surface area (Å²) in [6.07, 6.45) is 5.21. The molecule has 0 unspecified atom stereocenters. The molecule has 0 spiro atoms. The van der Waals surface area contributed by atoms with Crippen LogP contribution in [0.25, 0.3) is 0 Å². The van der Waals surface area contributed by atoms with Gasteiger partial charge in [-0.2, -0.15) is 0 Å². The highest BCUT2D eigenvalue weighted by Gasteiger charge is 2.34. The minimum absolute atomic E-state index is 0.0176. The Hall–Kier alpha value is -3.14. The van der Waals surface area contributed by atoms with Crippen LogP contribution >= 0.6 is 23.2 Å². The van der Waals surface area contributed by atoms with Crippen molar-refractivity contribution in [2.45, 2.75) is 69.0 Å². The highest BCUT2D eigenvalue weighted by atomic mass is 35.5. The molecule has 4 rings (SSSR count). The zero-order chi connectivity index (χ0) is 30.3. The molecule has 1 aliphatic rings. The van der Waals surface area contributed by atoms with E-state index in [0.717, 1.165) is 36.4 Å². The lowest BCUT2D eigenvalue weighted by atomic mass is 9.95. The summed E-state index contributed by atoms with van der Waals surface area (Å²) in [6, 6.07) is 16.8. The number of hydrogen-bond donors (Lipinski definition) is 1. The van der Waals surface area contributed by atoms with Crippen molar-refractivity contribution in [2.75, 3.05) is 10.8 Å². The van der Waals surface area contributed by atoms with E-state index in [9.17, 15) is 22.4 Å². The monoisotopic (exact) mass is 633 g/mol. The Morgan fingerprint density at radius 3 is 2.24 bits per heavy atom. The van der Waals surface area contributed by atoms with Gasteiger partial charge in [-0.3, -0.25) is 13.9 Å². The summed E-state index contributed by atoms with van der Waals surface area (Å²) in [7, 11) is -4.23. The molecule has 11 heteroatoms. The van der Waals surface area contributed by atoms with Crippen LogP contribution in [0.3, 0.4) is 0 Å². The van der Waals surface area contributed by atoms with Gasteiger partial charge in [-0.25, -0.2) is 12.8 Å². The molecular weight excluding hydrogens is 600 g/mol. The Balaban J connectivity index is 1.71. The predicted octanol–water partition coefficient (Wildman–Crippen LogP) is 6.58. The van der Waals surface area contributed by atoms with Crippen LogP contribution in [0.1, 0.15) is 51.0 Å². The topological polar surface area (TPSA) is 86.8 Å². The maximum absolute atomic E-state index is 14.1. The van der Waals surface area contributed by atoms with Gasteiger partial charge in [0.2, 0.25) is 11.8 Å². The molecule has 0 radical (unpaired) electrons. The molecule has 1 atom stereocenters. The van der Waals surface area contributed by atoms with Crippen molar-refractivity contribution in [3.8, 4) is 0 Å². The van der Waals surface area contributed by atoms with Gasteiger partial charge in [-0.1, -0.05) is 79.7 Å². The average molecular weight is 635 g/mol. The second-order valence-corrected chi connectivity index (χ2v) is 13.0. The van der Waals surface area contributed by atoms with Gasteiger partial charge in [0, 0.05) is 12.6 Å². The van der Waals surface area contributed by atoms with Crippen molar-refractivity contribution < 1.29 is 22.4 Å². The van der Waals surface area contributed by atoms with E-state index in [0.29, 0.717) is 12.0 Å². The normalized spacial score (nSPS) is 14.7. The first-order valence-corrected chi connectivity index (χ1v) is 16.2. The molecular formula is C31H34Cl2FN3O4S. The lowest BCUT2D eigenvalue weighted by molar-refractivity contribution is -0.140. The lowest BCUT2D eigenvalue weighted by Gasteiger charge is -2.34. The van der Waals surface area contributed by atoms with Crippen LogP contribution in [0.2, 0.25) is 10.0 Å². The van der Waals surface area contributed by atoms with Gasteiger partial charge >= 0.3 is 0 Å². The number of benzene rings is 3. The number of carbonyl (C=O) groups excluding carboxylic acids is 2. The highest BCUT2D eigenvalue weighted by molar-refractivity contribution is 7.92. The fraction of sp³-hybridized carbons (Fsp3) is 0.355. The van der Waals surface area contributed by atoms with Crippen molar-refractivity contribution in [2.24, 2.45) is 0 Å². The summed E-state index contributed by atoms with van der Waals surface area (Å²) in [5.41, 5.74) is 0.740. The molecule has 1 N–H and O–H groups in total. The molecule has 1 saturated carbocycles. The largest absolute Gasteiger partial charge is 0.352 e. The number of nitrogens with zero attached hydrogens (tertiary/aromatic N) is 2. The van der Waals surface area contributed by atoms with Crippen LogP contribution in [-0.4, -0.2) is 43.8 Å². The van der Waals surface area contributed by atoms with Crippen LogP contribution < -0.4 is 9.62 Å². The first kappa shape index (κ1) is 31.8. The number of rotatable bonds is 11. The van der Waals surface area contributed by atoms with E-state index in [1.807, 2.05) is 0 Å². The molecule has 0 saturated heterocycles. The van der Waals surface area contributed by atoms with Gasteiger partial charge in [0.25, 0.3) is 10.0 Å². The van der Waals surface area contributed by atoms with Gasteiger partial charge in [0.1, 0.15) is 18.4 Å². The van der Waals surface area contributed by atoms with Crippen LogP contribution in [0.4, 0.5) is 10.1 Å². The molecule has 0 heterocycles. The Kier molecular flexibility index (Phi) is 10.9. The number of halogens is 3. The van der Waals surface area contributed by atoms with Gasteiger partial charge in [0.15, 0.2) is 0 Å². The fourth-order valence-corrected chi connectivity index (χ4v) is 6.86. The molecule has 224 valence electrons. The third-order valence-electron chi connectivity index (χ3n) is 7.40. The summed E-state index contributed by atoms with van der Waals surface area (Å²) in [6.45, 7) is 1.17. The molecule has 42 heavy (non-hydrogen) atoms. The van der Waals surface area contributed by atoms with Gasteiger partial charge < -0.3 is 10.2 Å². The van der Waals surface area contributed by atoms with Crippen molar-refractivity contribution in [1.29, 1.82) is 0 Å². The SMILES string of the molecule is CC[C@H](C(=O)NC1CCCCC1)N(Cc1ccc(F)cc1)C(=O)CN(c1ccc(Cl)c(Cl)c1)S(=O)(=O)c1ccccc1. The molecule has 7 nitrogen and oxygen atoms in total. The Morgan fingerprint density at radius 2 is 1.62 bits per heavy atom. The van der Waals surface area contributed by atoms with Crippen LogP contribution in [0.15, 0.2) is 77.7 Å². The summed E-state index contributed by atoms with van der Waals surface area (Å²) in [4.78, 5) is 29.0. The average Bonchev–Trinajstić information content (AvgIpc) is 2.99. The van der Waals surface area contributed by atoms with E-state index >= 15 is 0 Å². The number of hydrogen-bond acceptors (Lipinski definition) is 4. The molecule has 1 aliphatic carbocycles. The Labute approximate surface area is 256 Å². The minimum Gasteiger partial charge on any atom is -0.352 e. The van der Waals surface area contributed by atoms with E-state index in [1.165, 1.54) is 47.4 Å². The fourth-order valence-electron chi connectivity index (χ4n) is 5.14. The van der Waals surface area contributed by atoms with Crippen LogP contribution in [0.5, 0.6) is 0 Å². The highest BCUT2D eigenvalue weighted by Crippen LogP contribution is 2.31. The van der Waals surface area contributed by atoms with Gasteiger partial charge in [-0.15, -0.1) is 0 Å². The minimum atomic E-state index is -4.23. The lowest BCUT2D eigenvalue weighted by Crippen LogP contribution is -2.54. The number of nitrogens with one attached hydrogen (secondary N) is 1. The zero-order valence-corrected chi connectivity index (χ0v) is 25.6. The van der Waals surface area contributed by atoms with Crippen molar-refractivity contribution in [3.63, 3.8) is 0 Å². The van der Waals surface area contributed by atoms with E-state index < -0.39 is 34.3 Å². The van der Waals surface area contributed by atoms with E-state index in [4.69, 9.17) is 23.2 Å². The second kappa shape index (κ2) is 14.4. The first-order chi connectivity index (χ1) is 20.1. The maximum Gasteiger partial charge on any atom is 0.264 e. The zero-order valence-electron chi connectivity index (χ0n) is 23.3. The van der Waals surface area contributed by atoms with Crippen molar-refractivity contribution in [3.05, 3.63) is 94.2 Å². The molecule has 3 aromatic carbocycles. The summed E-state index contributed by atoms with van der Waals surface area (Å²) < 4.78 is 42.4. The van der Waals surface area contributed by atoms with Crippen LogP contribution in [-0.2, 0) is 26.2 Å². The van der Waals surface area contributed by atoms with Gasteiger partial charge in [0.05, 0.1) is 20.6 Å². The number of sulfonamides is 1. The maximum atomic E-state index is 14.1. The quantitative estimate of drug-likeness (QED) is 0.258. The van der Waals surface area contributed by atoms with Gasteiger partial charge in [-0.05, 0) is 67.3 Å². The predicted molar refractivity (Wildman–Crippen MR) is 163 cm³/mol. The molecule has 1 fully saturated rings. The second-order valence-electron chi connectivity index (χ2n) is 10.3. The standard InChI is InChI=1S/C31H34Cl2FN3O4S/c1-2-29(31(39)35-24-9-5-3-6-10-24)36(20-22-13-15-23(34)16-14-22)30(38)21-37(25-17-18-27(32)28(33)19-25)42(40,41)26-11-7-4-8-12-26/h4,7-8,11-19,24,29H,2-3,5-6,9-10,20-21H2,1H3,(H,35,39)/t29-/m1/s1. The summed E-state index contributed by atoms with van der Waals surface area (Å²) >= 11 is 12.4. The number of anilines is 1. The number of amides is 2. The first-order valence-electron chi connectivity index (χ1n) is 14.0. The Bertz CT molecular complexity index is 1480. The molecule has 2 amide bonds. The smallest absolute Gasteiger partial charge is 0.264 e. The van der Waals surface area contributed by atoms with Crippen molar-refractivity contribution in [1.82, 2.24) is 10.2 Å². The number of carbonyl (C=O) groups is 2. The van der Waals surface area contributed by atoms with E-state index in [-0.39, 0.29) is 39.1 Å². The van der Waals surface area contributed by atoms with Crippen molar-refractivity contribution >= 4 is 50.7 Å². The van der Waals surface area contributed by atoms with E-state index in [1.54, 1.807) is 37.3 Å². The van der Waals surface area contributed by atoms with E-state index in [2.05, 4.69) is 5.32 Å². The molecule has 3 aromatic rings. The molecule has 0 bridgehead atoms. The molecule has 0 aliphatic heterocycles. The summed E-state index contributed by atoms with van der Waals surface area (Å²) in [5, 5.41) is 3.45. The summed E-state index contributed by atoms with van der Waals surface area (Å²) in [5.74, 6) is -1.33. The van der Waals surface area contributed by atoms with Crippen LogP contribution in [0, 0.1) is 5.82 Å². The Morgan fingerprint density at radius 1 is 0.952 bits per heavy atom. The third kappa shape index (κ3) is 7.82.